The molecule has 7 aliphatic rings. The Hall–Kier alpha value is -10.6. The molecule has 0 aromatic heterocycles. The van der Waals surface area contributed by atoms with E-state index >= 15 is 24.0 Å². The summed E-state index contributed by atoms with van der Waals surface area (Å²) in [6.45, 7) is 7.84. The van der Waals surface area contributed by atoms with Crippen LogP contribution in [0.25, 0.3) is 11.1 Å². The van der Waals surface area contributed by atoms with Crippen molar-refractivity contribution >= 4 is 97.8 Å². The number of carboxylic acids is 1. The summed E-state index contributed by atoms with van der Waals surface area (Å²) in [6, 6.07) is 3.38. The van der Waals surface area contributed by atoms with E-state index in [1.54, 1.807) is 20.8 Å². The van der Waals surface area contributed by atoms with E-state index in [-0.39, 0.29) is 86.1 Å². The van der Waals surface area contributed by atoms with Gasteiger partial charge in [-0.2, -0.15) is 0 Å². The van der Waals surface area contributed by atoms with Gasteiger partial charge in [0, 0.05) is 61.3 Å². The van der Waals surface area contributed by atoms with Gasteiger partial charge in [0.05, 0.1) is 65.6 Å². The monoisotopic (exact) mass is 2070 g/mol. The molecule has 0 spiro atoms. The Labute approximate surface area is 826 Å². The lowest BCUT2D eigenvalue weighted by Gasteiger charge is -2.52. The zero-order valence-corrected chi connectivity index (χ0v) is 81.8. The Morgan fingerprint density at radius 1 is 0.683 bits per heavy atom. The van der Waals surface area contributed by atoms with Gasteiger partial charge in [-0.15, -0.1) is 0 Å². The van der Waals surface area contributed by atoms with Gasteiger partial charge in [-0.05, 0) is 160 Å². The molecule has 2 fully saturated rings. The summed E-state index contributed by atoms with van der Waals surface area (Å²) in [4.78, 5) is 186. The van der Waals surface area contributed by atoms with Gasteiger partial charge in [0.1, 0.15) is 102 Å². The Morgan fingerprint density at radius 3 is 1.89 bits per heavy atom. The highest BCUT2D eigenvalue weighted by atomic mass is 35.5. The van der Waals surface area contributed by atoms with E-state index < -0.39 is 293 Å². The van der Waals surface area contributed by atoms with Crippen LogP contribution in [-0.4, -0.2) is 272 Å². The first kappa shape index (κ1) is 112. The number of halogens is 2. The third-order valence-electron chi connectivity index (χ3n) is 25.4. The van der Waals surface area contributed by atoms with Crippen molar-refractivity contribution in [3.8, 4) is 62.9 Å². The molecule has 0 radical (unpaired) electrons. The maximum Gasteiger partial charge on any atom is 0.340 e. The lowest BCUT2D eigenvalue weighted by atomic mass is 9.82. The SMILES string of the molecule is CCCCCCCCCCNCCN(CCC(=O)c1ccc(OCCCC(P(=O)(O)O)P(=O)(O)O)cc1)C1(C)CC(OC2C(Oc3c4cc5cc3Oc3ccc(cc3Cl)[C@H](O)C(NC(=O)C(CC(C)C)NC)C(=O)NC(CC(N)=O)C(=O)NC5C(=O)NC3C(=O)NC(C(=O)N[C@@H](C(=O)O)c5cc(O)c(CNCC=O)c(O)c5-c5cc3ccc5O)[C@H](O)c3ccc(c(Cl)c3)O4)OC(CO)C(O)C2O)OC(C)C1O. The van der Waals surface area contributed by atoms with Gasteiger partial charge in [-0.3, -0.25) is 52.4 Å². The van der Waals surface area contributed by atoms with Crippen LogP contribution in [0.2, 0.25) is 10.0 Å². The number of ether oxygens (including phenoxy) is 7. The Bertz CT molecular complexity index is 5610. The number of nitrogens with one attached hydrogen (secondary N) is 9. The van der Waals surface area contributed by atoms with Crippen LogP contribution in [0.15, 0.2) is 97.1 Å². The summed E-state index contributed by atoms with van der Waals surface area (Å²) in [5.74, 6) is -17.3. The molecule has 25 N–H and O–H groups in total. The number of nitrogens with two attached hydrogens (primary N) is 1. The second-order valence-corrected chi connectivity index (χ2v) is 41.0. The number of ketones is 1. The average Bonchev–Trinajstić information content (AvgIpc) is 0.750. The summed E-state index contributed by atoms with van der Waals surface area (Å²) in [7, 11) is -8.94. The van der Waals surface area contributed by atoms with E-state index in [0.29, 0.717) is 19.4 Å². The molecule has 11 bridgehead atoms. The Balaban J connectivity index is 1.06. The third-order valence-corrected chi connectivity index (χ3v) is 29.9. The first-order valence-corrected chi connectivity index (χ1v) is 50.6. The molecule has 2 saturated heterocycles. The van der Waals surface area contributed by atoms with Crippen LogP contribution in [0, 0.1) is 5.92 Å². The number of aromatic hydroxyl groups is 3. The van der Waals surface area contributed by atoms with Crippen LogP contribution in [-0.2, 0) is 73.0 Å². The maximum absolute atomic E-state index is 16.5. The number of Topliss-reactive ketones (excluding diaryl/α,β-unsaturated/α-hetero) is 1. The molecule has 6 aromatic rings. The van der Waals surface area contributed by atoms with Gasteiger partial charge in [0.25, 0.3) is 0 Å². The number of amides is 7. The van der Waals surface area contributed by atoms with Crippen molar-refractivity contribution < 1.29 is 161 Å². The number of likely N-dealkylation sites (N-methyl/N-ethyl adjacent to an activating group) is 1. The second kappa shape index (κ2) is 49.8. The summed E-state index contributed by atoms with van der Waals surface area (Å²) < 4.78 is 69.7. The second-order valence-electron chi connectivity index (χ2n) is 36.2. The van der Waals surface area contributed by atoms with E-state index in [2.05, 4.69) is 54.8 Å². The highest BCUT2D eigenvalue weighted by Gasteiger charge is 2.54. The molecular weight excluding hydrogens is 1940 g/mol. The van der Waals surface area contributed by atoms with Gasteiger partial charge in [-0.1, -0.05) is 107 Å². The van der Waals surface area contributed by atoms with Crippen LogP contribution in [0.4, 0.5) is 0 Å². The van der Waals surface area contributed by atoms with Gasteiger partial charge in [0.2, 0.25) is 53.4 Å². The fraction of sp³-hybridized carbons (Fsp3) is 0.511. The Kier molecular flexibility index (Phi) is 39.2. The normalized spacial score (nSPS) is 24.6. The standard InChI is InChI=1S/C94H123Cl2N11O33P2/c1-7-8-9-10-11-12-13-14-28-99-29-32-107(31-27-61(110)48-17-22-53(23-18-48)134-34-15-16-71(141(128,129)130)142(131,132)133)94(5)43-70(135-47(4)85(94)119)139-84-82(118)81(117)68(45-109)138-93(84)140-83-66-39-52-40-67(83)137-65-26-21-51(38-58(65)96)79(115)77-91(125)104-75(92(126)127)55-41-63(112)56(44-100-30-33-108)80(116)72(55)54-36-49(19-24-62(54)111)73(88(122)106-77)103-89(123)74(52)102-87(121)60(42-69(97)113)101-90(124)76(105-86(120)59(98-6)35-46(2)3)78(114)50-20-25-64(136-66)57(95)37-50/h17-26,33,36-41,46-47,59-60,68,70-71,73-79,81-82,84-85,93,98-100,109,111-112,114-119H,7-16,27-32,34-35,42-45H2,1-6H3,(H2,97,113)(H,101,124)(H,102,121)(H,103,123)(H,104,125)(H,105,120)(H,106,122)(H,126,127)(H2,128,129,130)(H2,131,132,133)/t47?,59?,60?,68?,70?,73?,74?,75-,76?,77?,78+,79-,81?,82?,84?,85?,93?,94?/m1/s1. The van der Waals surface area contributed by atoms with Crippen LogP contribution in [0.1, 0.15) is 199 Å². The minimum absolute atomic E-state index is 0.0445. The number of aldehydes is 1. The highest BCUT2D eigenvalue weighted by molar-refractivity contribution is 7.70. The largest absolute Gasteiger partial charge is 0.507 e. The number of fused-ring (bicyclic) bond motifs is 15. The number of carbonyl (C=O) groups excluding carboxylic acids is 9. The van der Waals surface area contributed by atoms with Gasteiger partial charge in [0.15, 0.2) is 41.1 Å². The first-order chi connectivity index (χ1) is 67.3. The minimum Gasteiger partial charge on any atom is -0.507 e. The van der Waals surface area contributed by atoms with Gasteiger partial charge in [-0.25, -0.2) is 4.79 Å². The number of benzene rings is 6. The molecule has 0 aliphatic carbocycles. The van der Waals surface area contributed by atoms with E-state index in [9.17, 15) is 104 Å². The molecule has 18 atom stereocenters. The van der Waals surface area contributed by atoms with Gasteiger partial charge < -0.3 is 162 Å². The number of hydrogen-bond donors (Lipinski definition) is 24. The number of carboxylic acid groups (broad SMARTS) is 1. The van der Waals surface area contributed by atoms with Crippen LogP contribution >= 0.6 is 38.4 Å². The third kappa shape index (κ3) is 27.7. The first-order valence-electron chi connectivity index (χ1n) is 46.4. The molecule has 13 rings (SSSR count). The maximum atomic E-state index is 16.5. The van der Waals surface area contributed by atoms with Crippen LogP contribution < -0.4 is 72.5 Å². The number of aliphatic carboxylic acids is 1. The number of rotatable bonds is 41. The number of unbranched alkanes of at least 4 members (excludes halogenated alkanes) is 7. The predicted octanol–water partition coefficient (Wildman–Crippen LogP) is 4.58. The van der Waals surface area contributed by atoms with Crippen LogP contribution in [0.3, 0.4) is 0 Å². The minimum atomic E-state index is -5.20. The number of aliphatic hydroxyl groups excluding tert-OH is 6. The van der Waals surface area contributed by atoms with Crippen molar-refractivity contribution in [2.24, 2.45) is 11.7 Å². The number of nitrogens with zero attached hydrogens (tertiary/aromatic N) is 1. The molecule has 44 nitrogen and oxygen atoms in total. The topological polar surface area (TPSA) is 690 Å². The number of primary amides is 1. The van der Waals surface area contributed by atoms with Crippen molar-refractivity contribution in [1.82, 2.24) is 52.8 Å². The zero-order chi connectivity index (χ0) is 104. The Morgan fingerprint density at radius 2 is 1.30 bits per heavy atom. The number of phenols is 3. The average molecular weight is 2070 g/mol. The van der Waals surface area contributed by atoms with E-state index in [4.69, 9.17) is 62.1 Å². The summed E-state index contributed by atoms with van der Waals surface area (Å²) in [5, 5.41) is 141. The summed E-state index contributed by atoms with van der Waals surface area (Å²) in [6.07, 6.45) is -12.3. The fourth-order valence-electron chi connectivity index (χ4n) is 17.7. The van der Waals surface area contributed by atoms with E-state index in [1.807, 2.05) is 4.90 Å². The lowest BCUT2D eigenvalue weighted by Crippen LogP contribution is -2.66. The molecular formula is C94H123Cl2N11O33P2. The molecule has 7 heterocycles. The summed E-state index contributed by atoms with van der Waals surface area (Å²) >= 11 is 14.5. The fourth-order valence-corrected chi connectivity index (χ4v) is 20.8. The number of carbonyl (C=O) groups is 10. The molecule has 7 amide bonds. The molecule has 0 saturated carbocycles. The van der Waals surface area contributed by atoms with Crippen molar-refractivity contribution in [1.29, 1.82) is 0 Å². The molecule has 48 heteroatoms. The lowest BCUT2D eigenvalue weighted by molar-refractivity contribution is -0.338. The molecule has 142 heavy (non-hydrogen) atoms. The van der Waals surface area contributed by atoms with E-state index in [1.165, 1.54) is 44.3 Å². The number of phenolic OH excluding ortho intramolecular Hbond substituents is 3. The predicted molar refractivity (Wildman–Crippen MR) is 508 cm³/mol. The van der Waals surface area contributed by atoms with Crippen molar-refractivity contribution in [3.05, 3.63) is 146 Å². The van der Waals surface area contributed by atoms with Crippen molar-refractivity contribution in [2.45, 2.75) is 246 Å². The van der Waals surface area contributed by atoms with Crippen molar-refractivity contribution in [2.75, 3.05) is 53.0 Å². The molecule has 776 valence electrons. The van der Waals surface area contributed by atoms with E-state index in [0.717, 1.165) is 118 Å². The highest BCUT2D eigenvalue weighted by Crippen LogP contribution is 2.62. The number of hydrogen-bond acceptors (Lipinski definition) is 32. The number of aliphatic hydroxyl groups is 6. The molecule has 7 aliphatic heterocycles. The van der Waals surface area contributed by atoms with Crippen LogP contribution in [0.5, 0.6) is 51.7 Å². The molecule has 6 aromatic carbocycles. The van der Waals surface area contributed by atoms with Gasteiger partial charge >= 0.3 is 21.2 Å². The molecule has 15 unspecified atom stereocenters. The zero-order valence-electron chi connectivity index (χ0n) is 78.5. The smallest absolute Gasteiger partial charge is 0.340 e. The quantitative estimate of drug-likeness (QED) is 0.0108. The van der Waals surface area contributed by atoms with Crippen molar-refractivity contribution in [3.63, 3.8) is 0 Å². The summed E-state index contributed by atoms with van der Waals surface area (Å²) in [5.41, 5.74) is 0.791.